The van der Waals surface area contributed by atoms with Crippen molar-refractivity contribution >= 4 is 5.78 Å². The number of rotatable bonds is 2. The third kappa shape index (κ3) is 2.23. The van der Waals surface area contributed by atoms with Crippen LogP contribution in [-0.2, 0) is 0 Å². The summed E-state index contributed by atoms with van der Waals surface area (Å²) in [5, 5.41) is 29.4. The van der Waals surface area contributed by atoms with Crippen molar-refractivity contribution in [2.75, 3.05) is 7.11 Å². The summed E-state index contributed by atoms with van der Waals surface area (Å²) in [6.07, 6.45) is -1.41. The number of phenols is 2. The molecule has 0 amide bonds. The highest BCUT2D eigenvalue weighted by Crippen LogP contribution is 2.42. The Morgan fingerprint density at radius 1 is 1.14 bits per heavy atom. The van der Waals surface area contributed by atoms with Gasteiger partial charge >= 0.3 is 0 Å². The number of carbonyl (C=O) groups is 1. The van der Waals surface area contributed by atoms with Crippen LogP contribution in [0.4, 0.5) is 0 Å². The Bertz CT molecular complexity index is 722. The Hall–Kier alpha value is -2.73. The number of methoxy groups -OCH3 is 1. The van der Waals surface area contributed by atoms with Gasteiger partial charge in [-0.2, -0.15) is 0 Å². The molecule has 114 valence electrons. The highest BCUT2D eigenvalue weighted by molar-refractivity contribution is 6.06. The summed E-state index contributed by atoms with van der Waals surface area (Å²) in [5.41, 5.74) is 0.486. The van der Waals surface area contributed by atoms with Gasteiger partial charge in [0.25, 0.3) is 0 Å². The number of phenolic OH excluding ortho intramolecular Hbond substituents is 2. The van der Waals surface area contributed by atoms with E-state index in [-0.39, 0.29) is 22.8 Å². The number of aliphatic hydroxyl groups is 1. The molecule has 0 unspecified atom stereocenters. The molecule has 3 rings (SSSR count). The van der Waals surface area contributed by atoms with Crippen LogP contribution in [0, 0.1) is 0 Å². The lowest BCUT2D eigenvalue weighted by Gasteiger charge is -2.29. The first-order valence-corrected chi connectivity index (χ1v) is 6.60. The fourth-order valence-corrected chi connectivity index (χ4v) is 2.54. The molecule has 22 heavy (non-hydrogen) atoms. The third-order valence-electron chi connectivity index (χ3n) is 3.60. The lowest BCUT2D eigenvalue weighted by molar-refractivity contribution is -0.0389. The standard InChI is InChI=1S/C16H14O6/c1-21-10-4-2-8(3-5-10)13-15(19)14-11(18)6-9(17)7-12(14)22-16(13)20/h2-7,13,16-18,20H,1H3/t13-,16+/m1/s1. The van der Waals surface area contributed by atoms with Crippen LogP contribution in [0.15, 0.2) is 36.4 Å². The molecule has 0 radical (unpaired) electrons. The van der Waals surface area contributed by atoms with Crippen LogP contribution in [0.1, 0.15) is 21.8 Å². The number of ether oxygens (including phenoxy) is 2. The molecule has 0 bridgehead atoms. The smallest absolute Gasteiger partial charge is 0.211 e. The average molecular weight is 302 g/mol. The van der Waals surface area contributed by atoms with Crippen molar-refractivity contribution in [2.24, 2.45) is 0 Å². The highest BCUT2D eigenvalue weighted by atomic mass is 16.6. The average Bonchev–Trinajstić information content (AvgIpc) is 2.46. The summed E-state index contributed by atoms with van der Waals surface area (Å²) in [6.45, 7) is 0. The summed E-state index contributed by atoms with van der Waals surface area (Å²) in [6, 6.07) is 8.87. The summed E-state index contributed by atoms with van der Waals surface area (Å²) in [4.78, 5) is 12.6. The van der Waals surface area contributed by atoms with Crippen LogP contribution in [0.25, 0.3) is 0 Å². The van der Waals surface area contributed by atoms with Gasteiger partial charge in [-0.05, 0) is 17.7 Å². The molecule has 0 saturated carbocycles. The van der Waals surface area contributed by atoms with Crippen molar-refractivity contribution in [3.05, 3.63) is 47.5 Å². The first-order chi connectivity index (χ1) is 10.5. The summed E-state index contributed by atoms with van der Waals surface area (Å²) >= 11 is 0. The lowest BCUT2D eigenvalue weighted by Crippen LogP contribution is -2.35. The molecule has 0 fully saturated rings. The highest BCUT2D eigenvalue weighted by Gasteiger charge is 2.39. The normalized spacial score (nSPS) is 20.2. The van der Waals surface area contributed by atoms with E-state index in [0.717, 1.165) is 6.07 Å². The summed E-state index contributed by atoms with van der Waals surface area (Å²) in [5.74, 6) is -1.50. The van der Waals surface area contributed by atoms with Crippen molar-refractivity contribution in [2.45, 2.75) is 12.2 Å². The third-order valence-corrected chi connectivity index (χ3v) is 3.60. The van der Waals surface area contributed by atoms with Gasteiger partial charge in [-0.15, -0.1) is 0 Å². The molecule has 2 aromatic carbocycles. The van der Waals surface area contributed by atoms with Crippen LogP contribution in [0.3, 0.4) is 0 Å². The van der Waals surface area contributed by atoms with Gasteiger partial charge in [0.1, 0.15) is 34.5 Å². The molecule has 3 N–H and O–H groups in total. The van der Waals surface area contributed by atoms with Gasteiger partial charge in [-0.3, -0.25) is 4.79 Å². The molecular weight excluding hydrogens is 288 g/mol. The number of benzene rings is 2. The summed E-state index contributed by atoms with van der Waals surface area (Å²) in [7, 11) is 1.53. The Labute approximate surface area is 126 Å². The van der Waals surface area contributed by atoms with Crippen molar-refractivity contribution in [3.8, 4) is 23.0 Å². The topological polar surface area (TPSA) is 96.2 Å². The first kappa shape index (κ1) is 14.2. The van der Waals surface area contributed by atoms with Gasteiger partial charge in [0.2, 0.25) is 6.29 Å². The van der Waals surface area contributed by atoms with Crippen LogP contribution < -0.4 is 9.47 Å². The number of Topliss-reactive ketones (excluding diaryl/α,β-unsaturated/α-hetero) is 1. The van der Waals surface area contributed by atoms with Gasteiger partial charge < -0.3 is 24.8 Å². The van der Waals surface area contributed by atoms with Crippen LogP contribution in [-0.4, -0.2) is 34.5 Å². The fraction of sp³-hybridized carbons (Fsp3) is 0.188. The van der Waals surface area contributed by atoms with Gasteiger partial charge in [-0.25, -0.2) is 0 Å². The Balaban J connectivity index is 2.04. The van der Waals surface area contributed by atoms with E-state index >= 15 is 0 Å². The second-order valence-electron chi connectivity index (χ2n) is 4.96. The molecule has 2 aromatic rings. The molecule has 0 aromatic heterocycles. The van der Waals surface area contributed by atoms with Gasteiger partial charge in [0, 0.05) is 12.1 Å². The zero-order valence-electron chi connectivity index (χ0n) is 11.7. The number of aliphatic hydroxyl groups excluding tert-OH is 1. The van der Waals surface area contributed by atoms with E-state index in [4.69, 9.17) is 9.47 Å². The second kappa shape index (κ2) is 5.23. The van der Waals surface area contributed by atoms with Crippen LogP contribution >= 0.6 is 0 Å². The van der Waals surface area contributed by atoms with Gasteiger partial charge in [0.05, 0.1) is 7.11 Å². The molecule has 0 aliphatic carbocycles. The zero-order valence-corrected chi connectivity index (χ0v) is 11.7. The molecule has 6 nitrogen and oxygen atoms in total. The number of hydrogen-bond acceptors (Lipinski definition) is 6. The van der Waals surface area contributed by atoms with Gasteiger partial charge in [0.15, 0.2) is 5.78 Å². The fourth-order valence-electron chi connectivity index (χ4n) is 2.54. The largest absolute Gasteiger partial charge is 0.508 e. The number of hydrogen-bond donors (Lipinski definition) is 3. The minimum Gasteiger partial charge on any atom is -0.508 e. The number of fused-ring (bicyclic) bond motifs is 1. The van der Waals surface area contributed by atoms with E-state index in [0.29, 0.717) is 11.3 Å². The molecule has 1 heterocycles. The van der Waals surface area contributed by atoms with E-state index in [1.54, 1.807) is 24.3 Å². The summed E-state index contributed by atoms with van der Waals surface area (Å²) < 4.78 is 10.3. The van der Waals surface area contributed by atoms with Crippen molar-refractivity contribution in [1.82, 2.24) is 0 Å². The quantitative estimate of drug-likeness (QED) is 0.782. The van der Waals surface area contributed by atoms with Crippen molar-refractivity contribution in [3.63, 3.8) is 0 Å². The minimum absolute atomic E-state index is 0.0419. The van der Waals surface area contributed by atoms with E-state index in [1.807, 2.05) is 0 Å². The van der Waals surface area contributed by atoms with E-state index < -0.39 is 18.0 Å². The van der Waals surface area contributed by atoms with Crippen LogP contribution in [0.2, 0.25) is 0 Å². The predicted molar refractivity (Wildman–Crippen MR) is 76.5 cm³/mol. The molecular formula is C16H14O6. The maximum Gasteiger partial charge on any atom is 0.211 e. The lowest BCUT2D eigenvalue weighted by atomic mass is 9.87. The van der Waals surface area contributed by atoms with E-state index in [9.17, 15) is 20.1 Å². The Morgan fingerprint density at radius 3 is 2.45 bits per heavy atom. The van der Waals surface area contributed by atoms with Crippen molar-refractivity contribution in [1.29, 1.82) is 0 Å². The maximum absolute atomic E-state index is 12.6. The molecule has 6 heteroatoms. The maximum atomic E-state index is 12.6. The Morgan fingerprint density at radius 2 is 1.82 bits per heavy atom. The zero-order chi connectivity index (χ0) is 15.9. The second-order valence-corrected chi connectivity index (χ2v) is 4.96. The number of aromatic hydroxyl groups is 2. The number of ketones is 1. The molecule has 2 atom stereocenters. The molecule has 1 aliphatic heterocycles. The Kier molecular flexibility index (Phi) is 3.38. The monoisotopic (exact) mass is 302 g/mol. The number of carbonyl (C=O) groups excluding carboxylic acids is 1. The van der Waals surface area contributed by atoms with Crippen LogP contribution in [0.5, 0.6) is 23.0 Å². The van der Waals surface area contributed by atoms with E-state index in [2.05, 4.69) is 0 Å². The van der Waals surface area contributed by atoms with E-state index in [1.165, 1.54) is 13.2 Å². The minimum atomic E-state index is -1.41. The molecule has 0 spiro atoms. The molecule has 1 aliphatic rings. The first-order valence-electron chi connectivity index (χ1n) is 6.60. The predicted octanol–water partition coefficient (Wildman–Crippen LogP) is 1.78. The van der Waals surface area contributed by atoms with Crippen molar-refractivity contribution < 1.29 is 29.6 Å². The molecule has 0 saturated heterocycles. The SMILES string of the molecule is COc1ccc([C@@H]2C(=O)c3c(O)cc(O)cc3O[C@@H]2O)cc1. The van der Waals surface area contributed by atoms with Gasteiger partial charge in [-0.1, -0.05) is 12.1 Å².